The molecule has 0 aliphatic carbocycles. The first-order valence-corrected chi connectivity index (χ1v) is 5.46. The van der Waals surface area contributed by atoms with E-state index in [4.69, 9.17) is 0 Å². The second kappa shape index (κ2) is 5.12. The standard InChI is InChI=1S/C13H19NO2/c1-10-6-4-5-7-11(10)13(2,12(15)16)8-9-14-3/h4-7,14H,8-9H2,1-3H3,(H,15,16). The van der Waals surface area contributed by atoms with E-state index in [1.165, 1.54) is 0 Å². The second-order valence-electron chi connectivity index (χ2n) is 4.31. The Morgan fingerprint density at radius 1 is 1.44 bits per heavy atom. The van der Waals surface area contributed by atoms with Crippen LogP contribution in [-0.2, 0) is 10.2 Å². The van der Waals surface area contributed by atoms with E-state index in [-0.39, 0.29) is 0 Å². The number of carbonyl (C=O) groups is 1. The highest BCUT2D eigenvalue weighted by Crippen LogP contribution is 2.30. The van der Waals surface area contributed by atoms with Gasteiger partial charge in [0.1, 0.15) is 0 Å². The van der Waals surface area contributed by atoms with Gasteiger partial charge in [0.15, 0.2) is 0 Å². The normalized spacial score (nSPS) is 14.4. The zero-order chi connectivity index (χ0) is 12.2. The van der Waals surface area contributed by atoms with E-state index in [2.05, 4.69) is 5.32 Å². The Kier molecular flexibility index (Phi) is 4.07. The molecule has 1 atom stereocenters. The quantitative estimate of drug-likeness (QED) is 0.799. The molecule has 1 aromatic rings. The zero-order valence-corrected chi connectivity index (χ0v) is 10.1. The number of aliphatic carboxylic acids is 1. The largest absolute Gasteiger partial charge is 0.481 e. The maximum atomic E-state index is 11.5. The highest BCUT2D eigenvalue weighted by atomic mass is 16.4. The first-order valence-electron chi connectivity index (χ1n) is 5.46. The lowest BCUT2D eigenvalue weighted by molar-refractivity contribution is -0.143. The summed E-state index contributed by atoms with van der Waals surface area (Å²) in [5.41, 5.74) is 1.12. The fourth-order valence-electron chi connectivity index (χ4n) is 1.92. The van der Waals surface area contributed by atoms with Crippen LogP contribution >= 0.6 is 0 Å². The number of nitrogens with one attached hydrogen (secondary N) is 1. The van der Waals surface area contributed by atoms with Crippen LogP contribution in [0.3, 0.4) is 0 Å². The van der Waals surface area contributed by atoms with Crippen LogP contribution in [-0.4, -0.2) is 24.7 Å². The molecule has 0 bridgehead atoms. The lowest BCUT2D eigenvalue weighted by Crippen LogP contribution is -2.36. The Morgan fingerprint density at radius 2 is 2.06 bits per heavy atom. The van der Waals surface area contributed by atoms with Crippen LogP contribution in [0.4, 0.5) is 0 Å². The fourth-order valence-corrected chi connectivity index (χ4v) is 1.92. The molecule has 0 fully saturated rings. The summed E-state index contributed by atoms with van der Waals surface area (Å²) < 4.78 is 0. The van der Waals surface area contributed by atoms with Gasteiger partial charge in [-0.2, -0.15) is 0 Å². The molecule has 0 saturated heterocycles. The molecule has 3 heteroatoms. The topological polar surface area (TPSA) is 49.3 Å². The number of carboxylic acid groups (broad SMARTS) is 1. The molecular formula is C13H19NO2. The van der Waals surface area contributed by atoms with E-state index in [0.29, 0.717) is 13.0 Å². The van der Waals surface area contributed by atoms with Gasteiger partial charge in [-0.3, -0.25) is 4.79 Å². The maximum absolute atomic E-state index is 11.5. The van der Waals surface area contributed by atoms with Crippen molar-refractivity contribution in [2.45, 2.75) is 25.7 Å². The number of rotatable bonds is 5. The summed E-state index contributed by atoms with van der Waals surface area (Å²) in [6.45, 7) is 4.43. The Labute approximate surface area is 96.5 Å². The van der Waals surface area contributed by atoms with Gasteiger partial charge in [0.25, 0.3) is 0 Å². The maximum Gasteiger partial charge on any atom is 0.313 e. The van der Waals surface area contributed by atoms with Crippen molar-refractivity contribution in [3.05, 3.63) is 35.4 Å². The summed E-state index contributed by atoms with van der Waals surface area (Å²) in [6.07, 6.45) is 0.587. The average molecular weight is 221 g/mol. The molecule has 0 radical (unpaired) electrons. The molecule has 0 aromatic heterocycles. The number of carboxylic acids is 1. The van der Waals surface area contributed by atoms with Crippen molar-refractivity contribution < 1.29 is 9.90 Å². The van der Waals surface area contributed by atoms with Crippen LogP contribution in [0, 0.1) is 6.92 Å². The van der Waals surface area contributed by atoms with Crippen molar-refractivity contribution in [1.82, 2.24) is 5.32 Å². The van der Waals surface area contributed by atoms with Gasteiger partial charge in [-0.25, -0.2) is 0 Å². The van der Waals surface area contributed by atoms with Crippen LogP contribution in [0.15, 0.2) is 24.3 Å². The van der Waals surface area contributed by atoms with Gasteiger partial charge in [-0.1, -0.05) is 24.3 Å². The van der Waals surface area contributed by atoms with E-state index >= 15 is 0 Å². The van der Waals surface area contributed by atoms with Crippen molar-refractivity contribution in [3.8, 4) is 0 Å². The molecule has 1 unspecified atom stereocenters. The Bertz CT molecular complexity index is 376. The smallest absolute Gasteiger partial charge is 0.313 e. The molecule has 0 heterocycles. The molecule has 1 rings (SSSR count). The number of hydrogen-bond donors (Lipinski definition) is 2. The zero-order valence-electron chi connectivity index (χ0n) is 10.1. The molecule has 0 aliphatic rings. The molecule has 0 spiro atoms. The van der Waals surface area contributed by atoms with Gasteiger partial charge < -0.3 is 10.4 Å². The van der Waals surface area contributed by atoms with E-state index in [1.807, 2.05) is 38.2 Å². The highest BCUT2D eigenvalue weighted by Gasteiger charge is 2.35. The van der Waals surface area contributed by atoms with Crippen molar-refractivity contribution >= 4 is 5.97 Å². The predicted molar refractivity (Wildman–Crippen MR) is 64.7 cm³/mol. The third-order valence-corrected chi connectivity index (χ3v) is 3.09. The van der Waals surface area contributed by atoms with Crippen LogP contribution in [0.25, 0.3) is 0 Å². The van der Waals surface area contributed by atoms with Crippen molar-refractivity contribution in [2.75, 3.05) is 13.6 Å². The first kappa shape index (κ1) is 12.7. The van der Waals surface area contributed by atoms with Crippen LogP contribution < -0.4 is 5.32 Å². The summed E-state index contributed by atoms with van der Waals surface area (Å²) >= 11 is 0. The minimum Gasteiger partial charge on any atom is -0.481 e. The molecule has 3 nitrogen and oxygen atoms in total. The molecule has 88 valence electrons. The van der Waals surface area contributed by atoms with Gasteiger partial charge in [-0.15, -0.1) is 0 Å². The third-order valence-electron chi connectivity index (χ3n) is 3.09. The molecule has 16 heavy (non-hydrogen) atoms. The Morgan fingerprint density at radius 3 is 2.56 bits per heavy atom. The minimum absolute atomic E-state index is 0.587. The average Bonchev–Trinajstić information content (AvgIpc) is 2.26. The predicted octanol–water partition coefficient (Wildman–Crippen LogP) is 1.95. The highest BCUT2D eigenvalue weighted by molar-refractivity contribution is 5.81. The lowest BCUT2D eigenvalue weighted by atomic mass is 9.77. The Balaban J connectivity index is 3.11. The lowest BCUT2D eigenvalue weighted by Gasteiger charge is -2.27. The summed E-state index contributed by atoms with van der Waals surface area (Å²) in [4.78, 5) is 11.5. The summed E-state index contributed by atoms with van der Waals surface area (Å²) in [6, 6.07) is 7.68. The van der Waals surface area contributed by atoms with E-state index in [1.54, 1.807) is 6.92 Å². The molecule has 1 aromatic carbocycles. The molecule has 0 aliphatic heterocycles. The van der Waals surface area contributed by atoms with Gasteiger partial charge in [0.05, 0.1) is 5.41 Å². The van der Waals surface area contributed by atoms with E-state index in [9.17, 15) is 9.90 Å². The number of hydrogen-bond acceptors (Lipinski definition) is 2. The third kappa shape index (κ3) is 2.42. The van der Waals surface area contributed by atoms with E-state index in [0.717, 1.165) is 11.1 Å². The SMILES string of the molecule is CNCCC(C)(C(=O)O)c1ccccc1C. The van der Waals surface area contributed by atoms with Crippen LogP contribution in [0.5, 0.6) is 0 Å². The van der Waals surface area contributed by atoms with Crippen molar-refractivity contribution in [3.63, 3.8) is 0 Å². The van der Waals surface area contributed by atoms with Crippen LogP contribution in [0.2, 0.25) is 0 Å². The van der Waals surface area contributed by atoms with Gasteiger partial charge in [0, 0.05) is 0 Å². The Hall–Kier alpha value is -1.35. The first-order chi connectivity index (χ1) is 7.52. The van der Waals surface area contributed by atoms with E-state index < -0.39 is 11.4 Å². The van der Waals surface area contributed by atoms with Gasteiger partial charge in [0.2, 0.25) is 0 Å². The molecular weight excluding hydrogens is 202 g/mol. The molecule has 2 N–H and O–H groups in total. The molecule has 0 amide bonds. The van der Waals surface area contributed by atoms with Crippen LogP contribution in [0.1, 0.15) is 24.5 Å². The monoisotopic (exact) mass is 221 g/mol. The number of aryl methyl sites for hydroxylation is 1. The summed E-state index contributed by atoms with van der Waals surface area (Å²) in [7, 11) is 1.83. The molecule has 0 saturated carbocycles. The van der Waals surface area contributed by atoms with Crippen molar-refractivity contribution in [2.24, 2.45) is 0 Å². The fraction of sp³-hybridized carbons (Fsp3) is 0.462. The summed E-state index contributed by atoms with van der Waals surface area (Å²) in [5.74, 6) is -0.767. The second-order valence-corrected chi connectivity index (χ2v) is 4.31. The van der Waals surface area contributed by atoms with Gasteiger partial charge in [-0.05, 0) is 45.0 Å². The number of benzene rings is 1. The van der Waals surface area contributed by atoms with Gasteiger partial charge >= 0.3 is 5.97 Å². The van der Waals surface area contributed by atoms with Crippen molar-refractivity contribution in [1.29, 1.82) is 0 Å². The minimum atomic E-state index is -0.811. The summed E-state index contributed by atoms with van der Waals surface area (Å²) in [5, 5.41) is 12.4.